The summed E-state index contributed by atoms with van der Waals surface area (Å²) in [6.07, 6.45) is 1.02. The number of unbranched alkanes of at least 4 members (excludes halogenated alkanes) is 1. The third-order valence-electron chi connectivity index (χ3n) is 1.76. The molecule has 0 bridgehead atoms. The van der Waals surface area contributed by atoms with Crippen molar-refractivity contribution in [3.05, 3.63) is 0 Å². The van der Waals surface area contributed by atoms with E-state index >= 15 is 0 Å². The smallest absolute Gasteiger partial charge is 0.303 e. The van der Waals surface area contributed by atoms with E-state index in [9.17, 15) is 9.59 Å². The lowest BCUT2D eigenvalue weighted by Crippen LogP contribution is -2.22. The number of aliphatic carboxylic acids is 2. The molecule has 9 heteroatoms. The molecule has 0 aliphatic heterocycles. The Morgan fingerprint density at radius 3 is 1.50 bits per heavy atom. The highest BCUT2D eigenvalue weighted by Crippen LogP contribution is 1.98. The fourth-order valence-corrected chi connectivity index (χ4v) is 0.928. The lowest BCUT2D eigenvalue weighted by Gasteiger charge is -2.13. The van der Waals surface area contributed by atoms with Crippen LogP contribution >= 0.6 is 0 Å². The summed E-state index contributed by atoms with van der Waals surface area (Å²) in [5, 5.41) is 33.9. The molecule has 0 rings (SSSR count). The third-order valence-corrected chi connectivity index (χ3v) is 1.76. The van der Waals surface area contributed by atoms with E-state index in [1.165, 1.54) is 0 Å². The van der Waals surface area contributed by atoms with E-state index in [1.54, 1.807) is 7.05 Å². The van der Waals surface area contributed by atoms with Gasteiger partial charge in [0.1, 0.15) is 0 Å². The van der Waals surface area contributed by atoms with Crippen LogP contribution in [0.15, 0.2) is 0 Å². The summed E-state index contributed by atoms with van der Waals surface area (Å²) in [6.45, 7) is 0.295. The van der Waals surface area contributed by atoms with Gasteiger partial charge in [0.2, 0.25) is 0 Å². The van der Waals surface area contributed by atoms with Gasteiger partial charge in [-0.3, -0.25) is 19.3 Å². The number of nitrogens with zero attached hydrogens (tertiary/aromatic N) is 1. The first-order valence-electron chi connectivity index (χ1n) is 6.08. The first-order valence-corrected chi connectivity index (χ1v) is 6.08. The molecular weight excluding hydrogens is 274 g/mol. The highest BCUT2D eigenvalue weighted by Gasteiger charge is 1.99. The minimum atomic E-state index is -0.870. The van der Waals surface area contributed by atoms with Gasteiger partial charge in [0.05, 0.1) is 26.4 Å². The Bertz CT molecular complexity index is 225. The van der Waals surface area contributed by atoms with Crippen LogP contribution in [0.5, 0.6) is 0 Å². The van der Waals surface area contributed by atoms with Crippen molar-refractivity contribution in [2.45, 2.75) is 25.7 Å². The van der Waals surface area contributed by atoms with E-state index in [0.29, 0.717) is 12.8 Å². The molecular formula is C11H23NO8. The summed E-state index contributed by atoms with van der Waals surface area (Å²) >= 11 is 0. The molecule has 4 N–H and O–H groups in total. The number of rotatable bonds is 11. The molecule has 0 fully saturated rings. The predicted molar refractivity (Wildman–Crippen MR) is 67.6 cm³/mol. The van der Waals surface area contributed by atoms with Crippen molar-refractivity contribution in [3.8, 4) is 0 Å². The lowest BCUT2D eigenvalue weighted by atomic mass is 10.2. The second-order valence-corrected chi connectivity index (χ2v) is 3.55. The molecule has 120 valence electrons. The minimum absolute atomic E-state index is 0.0488. The monoisotopic (exact) mass is 297 g/mol. The van der Waals surface area contributed by atoms with Crippen molar-refractivity contribution < 1.29 is 39.7 Å². The van der Waals surface area contributed by atoms with E-state index in [2.05, 4.69) is 0 Å². The molecule has 0 aliphatic rings. The van der Waals surface area contributed by atoms with Crippen molar-refractivity contribution in [2.75, 3.05) is 33.5 Å². The number of hydrogen-bond donors (Lipinski definition) is 4. The Morgan fingerprint density at radius 1 is 0.900 bits per heavy atom. The molecule has 9 nitrogen and oxygen atoms in total. The van der Waals surface area contributed by atoms with Crippen molar-refractivity contribution in [2.24, 2.45) is 0 Å². The number of carboxylic acids is 2. The van der Waals surface area contributed by atoms with Gasteiger partial charge < -0.3 is 20.4 Å². The summed E-state index contributed by atoms with van der Waals surface area (Å²) in [7, 11) is 1.55. The van der Waals surface area contributed by atoms with Crippen LogP contribution in [-0.4, -0.2) is 71.1 Å². The van der Waals surface area contributed by atoms with Crippen molar-refractivity contribution >= 4 is 11.9 Å². The summed E-state index contributed by atoms with van der Waals surface area (Å²) in [5.74, 6) is -1.74. The zero-order valence-corrected chi connectivity index (χ0v) is 11.5. The second kappa shape index (κ2) is 15.8. The average molecular weight is 297 g/mol. The minimum Gasteiger partial charge on any atom is -0.481 e. The molecule has 0 spiro atoms. The van der Waals surface area contributed by atoms with Crippen LogP contribution < -0.4 is 0 Å². The molecule has 0 atom stereocenters. The van der Waals surface area contributed by atoms with Crippen LogP contribution in [0.25, 0.3) is 0 Å². The van der Waals surface area contributed by atoms with Gasteiger partial charge >= 0.3 is 11.9 Å². The van der Waals surface area contributed by atoms with E-state index < -0.39 is 11.9 Å². The maximum Gasteiger partial charge on any atom is 0.303 e. The van der Waals surface area contributed by atoms with Crippen LogP contribution in [0.4, 0.5) is 0 Å². The predicted octanol–water partition coefficient (Wildman–Crippen LogP) is -0.518. The van der Waals surface area contributed by atoms with Crippen LogP contribution in [-0.2, 0) is 19.3 Å². The van der Waals surface area contributed by atoms with E-state index in [4.69, 9.17) is 30.1 Å². The third kappa shape index (κ3) is 22.0. The highest BCUT2D eigenvalue weighted by molar-refractivity contribution is 5.67. The van der Waals surface area contributed by atoms with Crippen LogP contribution in [0.2, 0.25) is 0 Å². The molecule has 0 heterocycles. The van der Waals surface area contributed by atoms with Crippen molar-refractivity contribution in [1.82, 2.24) is 5.23 Å². The summed E-state index contributed by atoms with van der Waals surface area (Å²) < 4.78 is 0. The van der Waals surface area contributed by atoms with Crippen molar-refractivity contribution in [1.29, 1.82) is 0 Å². The standard InChI is InChI=1S/C6H10O4.C5H13NO4/c7-5(8)3-1-2-4-6(9)10;1-6(9-4-2-7)10-5-3-8/h1-4H2,(H,7,8)(H,9,10);7-8H,2-5H2,1H3. The molecule has 0 aliphatic carbocycles. The van der Waals surface area contributed by atoms with Gasteiger partial charge in [0.25, 0.3) is 0 Å². The van der Waals surface area contributed by atoms with Gasteiger partial charge in [-0.2, -0.15) is 0 Å². The number of carboxylic acid groups (broad SMARTS) is 2. The van der Waals surface area contributed by atoms with Crippen molar-refractivity contribution in [3.63, 3.8) is 0 Å². The molecule has 0 radical (unpaired) electrons. The molecule has 0 aromatic heterocycles. The first-order chi connectivity index (χ1) is 9.43. The van der Waals surface area contributed by atoms with E-state index in [1.807, 2.05) is 0 Å². The largest absolute Gasteiger partial charge is 0.481 e. The van der Waals surface area contributed by atoms with Crippen LogP contribution in [0, 0.1) is 0 Å². The number of hydrogen-bond acceptors (Lipinski definition) is 7. The fourth-order valence-electron chi connectivity index (χ4n) is 0.928. The number of aliphatic hydroxyl groups excluding tert-OH is 2. The molecule has 20 heavy (non-hydrogen) atoms. The Labute approximate surface area is 117 Å². The highest BCUT2D eigenvalue weighted by atomic mass is 16.9. The molecule has 0 unspecified atom stereocenters. The topological polar surface area (TPSA) is 137 Å². The summed E-state index contributed by atoms with van der Waals surface area (Å²) in [6, 6.07) is 0. The molecule has 0 saturated heterocycles. The second-order valence-electron chi connectivity index (χ2n) is 3.55. The molecule has 0 saturated carbocycles. The Hall–Kier alpha value is -1.26. The van der Waals surface area contributed by atoms with Crippen LogP contribution in [0.1, 0.15) is 25.7 Å². The number of carbonyl (C=O) groups is 2. The molecule has 0 aromatic rings. The SMILES string of the molecule is CN(OCCO)OCCO.O=C(O)CCCCC(=O)O. The normalized spacial score (nSPS) is 10.0. The van der Waals surface area contributed by atoms with Gasteiger partial charge in [-0.1, -0.05) is 5.23 Å². The maximum atomic E-state index is 9.90. The number of aliphatic hydroxyl groups is 2. The summed E-state index contributed by atoms with van der Waals surface area (Å²) in [4.78, 5) is 29.3. The van der Waals surface area contributed by atoms with Gasteiger partial charge in [-0.05, 0) is 12.8 Å². The first kappa shape index (κ1) is 21.0. The lowest BCUT2D eigenvalue weighted by molar-refractivity contribution is -0.356. The van der Waals surface area contributed by atoms with Gasteiger partial charge in [0, 0.05) is 19.9 Å². The zero-order valence-electron chi connectivity index (χ0n) is 11.5. The maximum absolute atomic E-state index is 9.90. The quantitative estimate of drug-likeness (QED) is 0.293. The molecule has 0 amide bonds. The van der Waals surface area contributed by atoms with Gasteiger partial charge in [0.15, 0.2) is 0 Å². The van der Waals surface area contributed by atoms with E-state index in [-0.39, 0.29) is 39.3 Å². The van der Waals surface area contributed by atoms with Gasteiger partial charge in [-0.25, -0.2) is 0 Å². The van der Waals surface area contributed by atoms with Gasteiger partial charge in [-0.15, -0.1) is 0 Å². The Balaban J connectivity index is 0. The average Bonchev–Trinajstić information content (AvgIpc) is 2.39. The number of hydroxylamine groups is 2. The Kier molecular flexibility index (Phi) is 16.6. The van der Waals surface area contributed by atoms with Crippen LogP contribution in [0.3, 0.4) is 0 Å². The zero-order chi connectivity index (χ0) is 15.8. The fraction of sp³-hybridized carbons (Fsp3) is 0.818. The molecule has 0 aromatic carbocycles. The summed E-state index contributed by atoms with van der Waals surface area (Å²) in [5.41, 5.74) is 0. The van der Waals surface area contributed by atoms with E-state index in [0.717, 1.165) is 5.23 Å². The Morgan fingerprint density at radius 2 is 1.25 bits per heavy atom.